The highest BCUT2D eigenvalue weighted by atomic mass is 19.1. The number of benzene rings is 2. The number of carbonyl (C=O) groups excluding carboxylic acids is 2. The van der Waals surface area contributed by atoms with Crippen molar-refractivity contribution in [2.45, 2.75) is 13.0 Å². The molecular formula is C20H22FNO6. The Balaban J connectivity index is 1.85. The van der Waals surface area contributed by atoms with Crippen LogP contribution in [-0.2, 0) is 27.3 Å². The van der Waals surface area contributed by atoms with Gasteiger partial charge in [0.05, 0.1) is 27.8 Å². The van der Waals surface area contributed by atoms with Crippen molar-refractivity contribution in [3.8, 4) is 17.2 Å². The van der Waals surface area contributed by atoms with E-state index in [-0.39, 0.29) is 18.8 Å². The Morgan fingerprint density at radius 2 is 1.54 bits per heavy atom. The molecule has 0 atom stereocenters. The second-order valence-corrected chi connectivity index (χ2v) is 5.77. The highest BCUT2D eigenvalue weighted by Gasteiger charge is 2.14. The standard InChI is InChI=1S/C20H22FNO6/c1-25-16-8-14(9-17(26-2)20(16)27-3)11-22-18(23)12-28-19(24)10-13-4-6-15(21)7-5-13/h4-9H,10-12H2,1-3H3,(H,22,23). The van der Waals surface area contributed by atoms with E-state index in [9.17, 15) is 14.0 Å². The summed E-state index contributed by atoms with van der Waals surface area (Å²) in [5.74, 6) is -0.0255. The van der Waals surface area contributed by atoms with E-state index in [1.54, 1.807) is 12.1 Å². The summed E-state index contributed by atoms with van der Waals surface area (Å²) in [5, 5.41) is 2.65. The first-order chi connectivity index (χ1) is 13.5. The normalized spacial score (nSPS) is 10.1. The van der Waals surface area contributed by atoms with Crippen LogP contribution in [-0.4, -0.2) is 39.8 Å². The van der Waals surface area contributed by atoms with Crippen LogP contribution in [0.25, 0.3) is 0 Å². The number of halogens is 1. The van der Waals surface area contributed by atoms with Gasteiger partial charge >= 0.3 is 5.97 Å². The van der Waals surface area contributed by atoms with Crippen LogP contribution in [0.4, 0.5) is 4.39 Å². The summed E-state index contributed by atoms with van der Waals surface area (Å²) in [6.45, 7) is -0.227. The van der Waals surface area contributed by atoms with Gasteiger partial charge in [0.1, 0.15) is 5.82 Å². The van der Waals surface area contributed by atoms with Gasteiger partial charge in [0.15, 0.2) is 18.1 Å². The van der Waals surface area contributed by atoms with Crippen molar-refractivity contribution >= 4 is 11.9 Å². The minimum Gasteiger partial charge on any atom is -0.493 e. The highest BCUT2D eigenvalue weighted by molar-refractivity contribution is 5.81. The largest absolute Gasteiger partial charge is 0.493 e. The number of hydrogen-bond acceptors (Lipinski definition) is 6. The third kappa shape index (κ3) is 5.87. The summed E-state index contributed by atoms with van der Waals surface area (Å²) in [6, 6.07) is 8.91. The summed E-state index contributed by atoms with van der Waals surface area (Å²) in [7, 11) is 4.50. The lowest BCUT2D eigenvalue weighted by Gasteiger charge is -2.14. The van der Waals surface area contributed by atoms with Gasteiger partial charge < -0.3 is 24.3 Å². The molecule has 7 nitrogen and oxygen atoms in total. The van der Waals surface area contributed by atoms with E-state index in [0.29, 0.717) is 22.8 Å². The molecule has 2 rings (SSSR count). The molecular weight excluding hydrogens is 369 g/mol. The Hall–Kier alpha value is -3.29. The Bertz CT molecular complexity index is 797. The molecule has 0 aliphatic rings. The maximum atomic E-state index is 12.8. The van der Waals surface area contributed by atoms with Gasteiger partial charge in [-0.05, 0) is 35.4 Å². The fraction of sp³-hybridized carbons (Fsp3) is 0.300. The van der Waals surface area contributed by atoms with Crippen LogP contribution in [0, 0.1) is 5.82 Å². The molecule has 8 heteroatoms. The number of carbonyl (C=O) groups is 2. The first kappa shape index (κ1) is 21.0. The Kier molecular flexibility index (Phi) is 7.62. The number of hydrogen-bond donors (Lipinski definition) is 1. The van der Waals surface area contributed by atoms with Gasteiger partial charge in [-0.15, -0.1) is 0 Å². The molecule has 0 saturated carbocycles. The molecule has 0 spiro atoms. The van der Waals surface area contributed by atoms with E-state index in [2.05, 4.69) is 5.32 Å². The van der Waals surface area contributed by atoms with Gasteiger partial charge in [0, 0.05) is 6.54 Å². The molecule has 0 heterocycles. The second-order valence-electron chi connectivity index (χ2n) is 5.77. The zero-order valence-corrected chi connectivity index (χ0v) is 15.9. The van der Waals surface area contributed by atoms with E-state index < -0.39 is 18.5 Å². The molecule has 28 heavy (non-hydrogen) atoms. The molecule has 0 aliphatic heterocycles. The van der Waals surface area contributed by atoms with E-state index in [0.717, 1.165) is 5.56 Å². The highest BCUT2D eigenvalue weighted by Crippen LogP contribution is 2.38. The maximum absolute atomic E-state index is 12.8. The monoisotopic (exact) mass is 391 g/mol. The van der Waals surface area contributed by atoms with Crippen LogP contribution < -0.4 is 19.5 Å². The lowest BCUT2D eigenvalue weighted by molar-refractivity contribution is -0.147. The van der Waals surface area contributed by atoms with Crippen LogP contribution in [0.5, 0.6) is 17.2 Å². The van der Waals surface area contributed by atoms with Crippen molar-refractivity contribution < 1.29 is 32.9 Å². The molecule has 0 aliphatic carbocycles. The number of ether oxygens (including phenoxy) is 4. The molecule has 0 unspecified atom stereocenters. The summed E-state index contributed by atoms with van der Waals surface area (Å²) < 4.78 is 33.5. The van der Waals surface area contributed by atoms with Gasteiger partial charge in [-0.2, -0.15) is 0 Å². The fourth-order valence-electron chi connectivity index (χ4n) is 2.46. The third-order valence-electron chi connectivity index (χ3n) is 3.84. The summed E-state index contributed by atoms with van der Waals surface area (Å²) in [6.07, 6.45) is -0.0412. The number of esters is 1. The fourth-order valence-corrected chi connectivity index (χ4v) is 2.46. The van der Waals surface area contributed by atoms with E-state index >= 15 is 0 Å². The second kappa shape index (κ2) is 10.1. The maximum Gasteiger partial charge on any atom is 0.310 e. The van der Waals surface area contributed by atoms with Crippen molar-refractivity contribution in [3.05, 3.63) is 53.3 Å². The Morgan fingerprint density at radius 3 is 2.07 bits per heavy atom. The minimum absolute atomic E-state index is 0.0412. The van der Waals surface area contributed by atoms with Crippen molar-refractivity contribution in [1.82, 2.24) is 5.32 Å². The number of methoxy groups -OCH3 is 3. The summed E-state index contributed by atoms with van der Waals surface area (Å²) in [5.41, 5.74) is 1.32. The van der Waals surface area contributed by atoms with Gasteiger partial charge in [-0.1, -0.05) is 12.1 Å². The molecule has 2 aromatic rings. The van der Waals surface area contributed by atoms with Crippen LogP contribution in [0.15, 0.2) is 36.4 Å². The lowest BCUT2D eigenvalue weighted by atomic mass is 10.1. The first-order valence-electron chi connectivity index (χ1n) is 8.42. The molecule has 150 valence electrons. The lowest BCUT2D eigenvalue weighted by Crippen LogP contribution is -2.28. The minimum atomic E-state index is -0.574. The topological polar surface area (TPSA) is 83.1 Å². The number of rotatable bonds is 9. The average molecular weight is 391 g/mol. The molecule has 0 saturated heterocycles. The van der Waals surface area contributed by atoms with Crippen molar-refractivity contribution in [3.63, 3.8) is 0 Å². The zero-order chi connectivity index (χ0) is 20.5. The van der Waals surface area contributed by atoms with Crippen LogP contribution >= 0.6 is 0 Å². The zero-order valence-electron chi connectivity index (χ0n) is 15.9. The Morgan fingerprint density at radius 1 is 0.929 bits per heavy atom. The molecule has 0 bridgehead atoms. The van der Waals surface area contributed by atoms with Crippen molar-refractivity contribution in [1.29, 1.82) is 0 Å². The van der Waals surface area contributed by atoms with E-state index in [1.807, 2.05) is 0 Å². The SMILES string of the molecule is COc1cc(CNC(=O)COC(=O)Cc2ccc(F)cc2)cc(OC)c1OC. The predicted molar refractivity (Wildman–Crippen MR) is 99.0 cm³/mol. The molecule has 1 N–H and O–H groups in total. The molecule has 0 radical (unpaired) electrons. The number of amides is 1. The third-order valence-corrected chi connectivity index (χ3v) is 3.84. The van der Waals surface area contributed by atoms with Crippen molar-refractivity contribution in [2.24, 2.45) is 0 Å². The van der Waals surface area contributed by atoms with Gasteiger partial charge in [-0.25, -0.2) is 4.39 Å². The van der Waals surface area contributed by atoms with Gasteiger partial charge in [0.25, 0.3) is 5.91 Å². The number of nitrogens with one attached hydrogen (secondary N) is 1. The van der Waals surface area contributed by atoms with Gasteiger partial charge in [-0.3, -0.25) is 9.59 Å². The summed E-state index contributed by atoms with van der Waals surface area (Å²) >= 11 is 0. The van der Waals surface area contributed by atoms with Crippen molar-refractivity contribution in [2.75, 3.05) is 27.9 Å². The molecule has 0 fully saturated rings. The Labute approximate surface area is 162 Å². The van der Waals surface area contributed by atoms with Crippen LogP contribution in [0.3, 0.4) is 0 Å². The van der Waals surface area contributed by atoms with E-state index in [1.165, 1.54) is 45.6 Å². The molecule has 2 aromatic carbocycles. The summed E-state index contributed by atoms with van der Waals surface area (Å²) in [4.78, 5) is 23.7. The average Bonchev–Trinajstić information content (AvgIpc) is 2.71. The molecule has 0 aromatic heterocycles. The van der Waals surface area contributed by atoms with Crippen LogP contribution in [0.2, 0.25) is 0 Å². The first-order valence-corrected chi connectivity index (χ1v) is 8.42. The smallest absolute Gasteiger partial charge is 0.310 e. The van der Waals surface area contributed by atoms with Crippen LogP contribution in [0.1, 0.15) is 11.1 Å². The van der Waals surface area contributed by atoms with E-state index in [4.69, 9.17) is 18.9 Å². The van der Waals surface area contributed by atoms with Gasteiger partial charge in [0.2, 0.25) is 5.75 Å². The molecule has 1 amide bonds. The predicted octanol–water partition coefficient (Wildman–Crippen LogP) is 2.25. The quantitative estimate of drug-likeness (QED) is 0.661.